The summed E-state index contributed by atoms with van der Waals surface area (Å²) in [5.74, 6) is 0.483. The Balaban J connectivity index is 1.61. The molecule has 0 aliphatic carbocycles. The number of rotatable bonds is 3. The fourth-order valence-corrected chi connectivity index (χ4v) is 4.82. The Bertz CT molecular complexity index is 829. The van der Waals surface area contributed by atoms with Gasteiger partial charge in [-0.25, -0.2) is 13.2 Å². The van der Waals surface area contributed by atoms with Gasteiger partial charge in [-0.05, 0) is 49.2 Å². The zero-order valence-electron chi connectivity index (χ0n) is 13.5. The molecule has 3 rings (SSSR count). The fraction of sp³-hybridized carbons (Fsp3) is 0.278. The SMILES string of the molecule is O=C(Oc1ccccc1)N1CCC(S(=O)(=O)c2ccc(Br)cc2)CC1. The topological polar surface area (TPSA) is 63.7 Å². The summed E-state index contributed by atoms with van der Waals surface area (Å²) in [5, 5.41) is -0.477. The number of ether oxygens (including phenoxy) is 1. The van der Waals surface area contributed by atoms with Crippen LogP contribution < -0.4 is 4.74 Å². The Kier molecular flexibility index (Phi) is 5.44. The van der Waals surface area contributed by atoms with Crippen molar-refractivity contribution in [3.05, 3.63) is 59.1 Å². The van der Waals surface area contributed by atoms with Gasteiger partial charge in [-0.2, -0.15) is 0 Å². The quantitative estimate of drug-likeness (QED) is 0.750. The number of halogens is 1. The van der Waals surface area contributed by atoms with Crippen LogP contribution in [0.15, 0.2) is 64.0 Å². The molecule has 1 saturated heterocycles. The number of amides is 1. The zero-order valence-corrected chi connectivity index (χ0v) is 15.9. The molecule has 7 heteroatoms. The second-order valence-electron chi connectivity index (χ2n) is 5.87. The molecule has 1 fully saturated rings. The summed E-state index contributed by atoms with van der Waals surface area (Å²) < 4.78 is 31.6. The molecule has 0 radical (unpaired) electrons. The molecule has 1 aliphatic heterocycles. The highest BCUT2D eigenvalue weighted by molar-refractivity contribution is 9.10. The van der Waals surface area contributed by atoms with Crippen LogP contribution in [-0.2, 0) is 9.84 Å². The summed E-state index contributed by atoms with van der Waals surface area (Å²) in [5.41, 5.74) is 0. The summed E-state index contributed by atoms with van der Waals surface area (Å²) >= 11 is 3.31. The second kappa shape index (κ2) is 7.58. The number of hydrogen-bond donors (Lipinski definition) is 0. The van der Waals surface area contributed by atoms with Crippen molar-refractivity contribution >= 4 is 31.9 Å². The first-order valence-corrected chi connectivity index (χ1v) is 10.3. The van der Waals surface area contributed by atoms with Crippen LogP contribution in [0.5, 0.6) is 5.75 Å². The van der Waals surface area contributed by atoms with E-state index in [4.69, 9.17) is 4.74 Å². The van der Waals surface area contributed by atoms with Crippen LogP contribution in [0.4, 0.5) is 4.79 Å². The maximum atomic E-state index is 12.7. The largest absolute Gasteiger partial charge is 0.415 e. The van der Waals surface area contributed by atoms with E-state index in [0.29, 0.717) is 36.6 Å². The maximum absolute atomic E-state index is 12.7. The van der Waals surface area contributed by atoms with E-state index in [2.05, 4.69) is 15.9 Å². The Morgan fingerprint density at radius 1 is 1.00 bits per heavy atom. The Hall–Kier alpha value is -1.86. The Morgan fingerprint density at radius 2 is 1.60 bits per heavy atom. The summed E-state index contributed by atoms with van der Waals surface area (Å²) in [6.45, 7) is 0.734. The van der Waals surface area contributed by atoms with Crippen molar-refractivity contribution in [3.63, 3.8) is 0 Å². The predicted molar refractivity (Wildman–Crippen MR) is 98.4 cm³/mol. The lowest BCUT2D eigenvalue weighted by molar-refractivity contribution is 0.143. The van der Waals surface area contributed by atoms with Gasteiger partial charge in [0.25, 0.3) is 0 Å². The molecule has 0 spiro atoms. The van der Waals surface area contributed by atoms with E-state index in [0.717, 1.165) is 4.47 Å². The van der Waals surface area contributed by atoms with E-state index in [1.54, 1.807) is 53.4 Å². The molecule has 1 amide bonds. The number of sulfone groups is 1. The number of para-hydroxylation sites is 1. The number of carbonyl (C=O) groups is 1. The second-order valence-corrected chi connectivity index (χ2v) is 9.01. The number of piperidine rings is 1. The standard InChI is InChI=1S/C18H18BrNO4S/c19-14-6-8-16(9-7-14)25(22,23)17-10-12-20(13-11-17)18(21)24-15-4-2-1-3-5-15/h1-9,17H,10-13H2. The minimum Gasteiger partial charge on any atom is -0.410 e. The lowest BCUT2D eigenvalue weighted by atomic mass is 10.1. The Labute approximate surface area is 155 Å². The number of carbonyl (C=O) groups excluding carboxylic acids is 1. The van der Waals surface area contributed by atoms with Crippen LogP contribution in [0.1, 0.15) is 12.8 Å². The van der Waals surface area contributed by atoms with Gasteiger partial charge in [0.1, 0.15) is 5.75 Å². The lowest BCUT2D eigenvalue weighted by Crippen LogP contribution is -2.43. The van der Waals surface area contributed by atoms with Crippen LogP contribution >= 0.6 is 15.9 Å². The van der Waals surface area contributed by atoms with Gasteiger partial charge in [-0.3, -0.25) is 0 Å². The van der Waals surface area contributed by atoms with Gasteiger partial charge in [0.15, 0.2) is 9.84 Å². The molecule has 0 N–H and O–H groups in total. The third kappa shape index (κ3) is 4.22. The van der Waals surface area contributed by atoms with Crippen LogP contribution in [0.3, 0.4) is 0 Å². The van der Waals surface area contributed by atoms with Crippen LogP contribution in [0, 0.1) is 0 Å². The van der Waals surface area contributed by atoms with Gasteiger partial charge in [0, 0.05) is 17.6 Å². The van der Waals surface area contributed by atoms with Crippen LogP contribution in [0.25, 0.3) is 0 Å². The van der Waals surface area contributed by atoms with Crippen LogP contribution in [0.2, 0.25) is 0 Å². The molecule has 0 atom stereocenters. The molecule has 0 unspecified atom stereocenters. The van der Waals surface area contributed by atoms with Crippen molar-refractivity contribution in [2.75, 3.05) is 13.1 Å². The van der Waals surface area contributed by atoms with Crippen molar-refractivity contribution in [2.24, 2.45) is 0 Å². The van der Waals surface area contributed by atoms with Crippen molar-refractivity contribution in [1.82, 2.24) is 4.90 Å². The summed E-state index contributed by atoms with van der Waals surface area (Å²) in [6.07, 6.45) is 0.371. The van der Waals surface area contributed by atoms with E-state index in [1.807, 2.05) is 6.07 Å². The number of hydrogen-bond acceptors (Lipinski definition) is 4. The molecule has 2 aromatic carbocycles. The molecule has 132 valence electrons. The Morgan fingerprint density at radius 3 is 2.20 bits per heavy atom. The molecule has 5 nitrogen and oxygen atoms in total. The van der Waals surface area contributed by atoms with Crippen molar-refractivity contribution < 1.29 is 17.9 Å². The van der Waals surface area contributed by atoms with E-state index < -0.39 is 21.2 Å². The first-order chi connectivity index (χ1) is 12.0. The molecule has 0 aromatic heterocycles. The van der Waals surface area contributed by atoms with Gasteiger partial charge < -0.3 is 9.64 Å². The van der Waals surface area contributed by atoms with Crippen molar-refractivity contribution in [1.29, 1.82) is 0 Å². The highest BCUT2D eigenvalue weighted by Crippen LogP contribution is 2.26. The number of likely N-dealkylation sites (tertiary alicyclic amines) is 1. The van der Waals surface area contributed by atoms with Crippen molar-refractivity contribution in [3.8, 4) is 5.75 Å². The number of nitrogens with zero attached hydrogens (tertiary/aromatic N) is 1. The fourth-order valence-electron chi connectivity index (χ4n) is 2.82. The normalized spacial score (nSPS) is 15.8. The van der Waals surface area contributed by atoms with Crippen LogP contribution in [-0.4, -0.2) is 37.8 Å². The lowest BCUT2D eigenvalue weighted by Gasteiger charge is -2.31. The van der Waals surface area contributed by atoms with Gasteiger partial charge in [-0.15, -0.1) is 0 Å². The molecule has 0 bridgehead atoms. The minimum atomic E-state index is -3.39. The van der Waals surface area contributed by atoms with Crippen molar-refractivity contribution in [2.45, 2.75) is 23.0 Å². The molecular weight excluding hydrogens is 406 g/mol. The summed E-state index contributed by atoms with van der Waals surface area (Å²) in [4.78, 5) is 14.1. The molecule has 2 aromatic rings. The summed E-state index contributed by atoms with van der Waals surface area (Å²) in [7, 11) is -3.39. The number of benzene rings is 2. The van der Waals surface area contributed by atoms with Gasteiger partial charge in [0.2, 0.25) is 0 Å². The monoisotopic (exact) mass is 423 g/mol. The van der Waals surface area contributed by atoms with E-state index in [1.165, 1.54) is 0 Å². The molecule has 25 heavy (non-hydrogen) atoms. The maximum Gasteiger partial charge on any atom is 0.415 e. The van der Waals surface area contributed by atoms with Gasteiger partial charge in [-0.1, -0.05) is 34.1 Å². The highest BCUT2D eigenvalue weighted by Gasteiger charge is 2.33. The van der Waals surface area contributed by atoms with E-state index in [-0.39, 0.29) is 0 Å². The summed E-state index contributed by atoms with van der Waals surface area (Å²) in [6, 6.07) is 15.5. The smallest absolute Gasteiger partial charge is 0.410 e. The first-order valence-electron chi connectivity index (χ1n) is 7.98. The molecule has 1 heterocycles. The molecular formula is C18H18BrNO4S. The minimum absolute atomic E-state index is 0.320. The third-order valence-corrected chi connectivity index (χ3v) is 7.04. The third-order valence-electron chi connectivity index (χ3n) is 4.23. The first kappa shape index (κ1) is 17.9. The zero-order chi connectivity index (χ0) is 17.9. The molecule has 1 aliphatic rings. The predicted octanol–water partition coefficient (Wildman–Crippen LogP) is 3.89. The van der Waals surface area contributed by atoms with Gasteiger partial charge in [0.05, 0.1) is 10.1 Å². The van der Waals surface area contributed by atoms with E-state index in [9.17, 15) is 13.2 Å². The average molecular weight is 424 g/mol. The van der Waals surface area contributed by atoms with E-state index >= 15 is 0 Å². The highest BCUT2D eigenvalue weighted by atomic mass is 79.9. The molecule has 0 saturated carbocycles. The average Bonchev–Trinajstić information content (AvgIpc) is 2.63. The van der Waals surface area contributed by atoms with Gasteiger partial charge >= 0.3 is 6.09 Å².